The van der Waals surface area contributed by atoms with E-state index in [1.807, 2.05) is 11.0 Å². The summed E-state index contributed by atoms with van der Waals surface area (Å²) in [5.74, 6) is -1.54. The van der Waals surface area contributed by atoms with E-state index in [4.69, 9.17) is 9.72 Å². The van der Waals surface area contributed by atoms with E-state index < -0.39 is 29.7 Å². The van der Waals surface area contributed by atoms with Gasteiger partial charge in [-0.15, -0.1) is 0 Å². The molecule has 1 aliphatic rings. The van der Waals surface area contributed by atoms with Crippen molar-refractivity contribution in [3.05, 3.63) is 64.7 Å². The summed E-state index contributed by atoms with van der Waals surface area (Å²) < 4.78 is 61.6. The molecule has 1 saturated heterocycles. The number of alkyl halides is 3. The lowest BCUT2D eigenvalue weighted by atomic mass is 10.0. The van der Waals surface area contributed by atoms with Gasteiger partial charge in [0.1, 0.15) is 11.5 Å². The molecule has 37 heavy (non-hydrogen) atoms. The van der Waals surface area contributed by atoms with Gasteiger partial charge in [0.05, 0.1) is 36.0 Å². The molecule has 194 valence electrons. The van der Waals surface area contributed by atoms with Gasteiger partial charge in [-0.3, -0.25) is 4.40 Å². The van der Waals surface area contributed by atoms with E-state index >= 15 is 0 Å². The third-order valence-corrected chi connectivity index (χ3v) is 6.29. The van der Waals surface area contributed by atoms with Crippen LogP contribution in [0.5, 0.6) is 0 Å². The number of carboxylic acids is 1. The van der Waals surface area contributed by atoms with Gasteiger partial charge in [0, 0.05) is 30.2 Å². The second-order valence-electron chi connectivity index (χ2n) is 8.94. The molecule has 0 amide bonds. The van der Waals surface area contributed by atoms with Gasteiger partial charge in [0.2, 0.25) is 5.95 Å². The minimum Gasteiger partial charge on any atom is -0.478 e. The lowest BCUT2D eigenvalue weighted by Crippen LogP contribution is -2.38. The Morgan fingerprint density at radius 2 is 1.89 bits per heavy atom. The summed E-state index contributed by atoms with van der Waals surface area (Å²) in [6.07, 6.45) is -3.70. The number of imidazole rings is 1. The maximum absolute atomic E-state index is 13.9. The normalized spacial score (nSPS) is 15.4. The molecule has 2 aromatic carbocycles. The van der Waals surface area contributed by atoms with Crippen molar-refractivity contribution in [1.82, 2.24) is 14.4 Å². The first-order valence-electron chi connectivity index (χ1n) is 11.6. The van der Waals surface area contributed by atoms with Gasteiger partial charge >= 0.3 is 12.1 Å². The van der Waals surface area contributed by atoms with Gasteiger partial charge in [-0.1, -0.05) is 6.07 Å². The third kappa shape index (κ3) is 4.64. The molecule has 3 heterocycles. The Hall–Kier alpha value is -3.93. The van der Waals surface area contributed by atoms with Crippen molar-refractivity contribution >= 4 is 34.2 Å². The lowest BCUT2D eigenvalue weighted by Gasteiger charge is -2.29. The fourth-order valence-corrected chi connectivity index (χ4v) is 4.57. The number of benzene rings is 2. The van der Waals surface area contributed by atoms with E-state index in [0.717, 1.165) is 23.9 Å². The number of anilines is 2. The van der Waals surface area contributed by atoms with Gasteiger partial charge < -0.3 is 20.1 Å². The highest BCUT2D eigenvalue weighted by atomic mass is 19.4. The summed E-state index contributed by atoms with van der Waals surface area (Å²) in [5, 5.41) is 13.0. The number of fused-ring (bicyclic) bond motifs is 3. The smallest absolute Gasteiger partial charge is 0.434 e. The van der Waals surface area contributed by atoms with Gasteiger partial charge in [-0.05, 0) is 43.7 Å². The van der Waals surface area contributed by atoms with Crippen molar-refractivity contribution in [2.45, 2.75) is 26.1 Å². The monoisotopic (exact) mass is 517 g/mol. The Kier molecular flexibility index (Phi) is 6.14. The zero-order valence-electron chi connectivity index (χ0n) is 19.9. The zero-order valence-corrected chi connectivity index (χ0v) is 19.9. The fourth-order valence-electron chi connectivity index (χ4n) is 4.57. The quantitative estimate of drug-likeness (QED) is 0.358. The van der Waals surface area contributed by atoms with Crippen molar-refractivity contribution in [1.29, 1.82) is 0 Å². The fraction of sp³-hybridized carbons (Fsp3) is 0.320. The van der Waals surface area contributed by atoms with Crippen LogP contribution in [0.2, 0.25) is 0 Å². The summed E-state index contributed by atoms with van der Waals surface area (Å²) in [6, 6.07) is 6.28. The minimum absolute atomic E-state index is 0.0734. The molecule has 0 unspecified atom stereocenters. The molecular weight excluding hydrogens is 494 g/mol. The number of carbonyl (C=O) groups is 1. The second kappa shape index (κ2) is 9.18. The van der Waals surface area contributed by atoms with Crippen LogP contribution >= 0.6 is 0 Å². The summed E-state index contributed by atoms with van der Waals surface area (Å²) in [6.45, 7) is 5.22. The Bertz CT molecular complexity index is 1510. The number of carboxylic acid groups (broad SMARTS) is 1. The molecule has 1 aliphatic heterocycles. The molecular formula is C25H23F4N5O3. The van der Waals surface area contributed by atoms with E-state index in [2.05, 4.69) is 10.3 Å². The first-order valence-corrected chi connectivity index (χ1v) is 11.6. The largest absolute Gasteiger partial charge is 0.478 e. The van der Waals surface area contributed by atoms with Crippen molar-refractivity contribution in [3.63, 3.8) is 0 Å². The highest BCUT2D eigenvalue weighted by Crippen LogP contribution is 2.35. The van der Waals surface area contributed by atoms with Crippen molar-refractivity contribution in [2.75, 3.05) is 36.5 Å². The Balaban J connectivity index is 1.71. The van der Waals surface area contributed by atoms with Crippen LogP contribution in [0.15, 0.2) is 36.5 Å². The maximum Gasteiger partial charge on any atom is 0.434 e. The molecule has 0 bridgehead atoms. The van der Waals surface area contributed by atoms with Crippen LogP contribution < -0.4 is 10.2 Å². The number of hydrogen-bond acceptors (Lipinski definition) is 6. The van der Waals surface area contributed by atoms with E-state index in [1.165, 1.54) is 10.5 Å². The van der Waals surface area contributed by atoms with Gasteiger partial charge in [-0.2, -0.15) is 13.2 Å². The Morgan fingerprint density at radius 3 is 2.57 bits per heavy atom. The molecule has 5 rings (SSSR count). The molecule has 8 nitrogen and oxygen atoms in total. The van der Waals surface area contributed by atoms with E-state index in [0.29, 0.717) is 48.7 Å². The van der Waals surface area contributed by atoms with Crippen LogP contribution in [-0.4, -0.2) is 51.7 Å². The molecule has 2 aromatic heterocycles. The molecule has 0 saturated carbocycles. The van der Waals surface area contributed by atoms with Crippen molar-refractivity contribution in [3.8, 4) is 0 Å². The van der Waals surface area contributed by atoms with Crippen molar-refractivity contribution in [2.24, 2.45) is 0 Å². The number of aromatic nitrogens is 3. The number of ether oxygens (including phenoxy) is 1. The first kappa shape index (κ1) is 24.8. The zero-order chi connectivity index (χ0) is 26.5. The highest BCUT2D eigenvalue weighted by molar-refractivity contribution is 5.96. The SMILES string of the molecule is Cc1cc([C@@H](C)Nc2cc(F)ccc2C(=O)O)c2nc(N3CCOCC3)n3cc(C(F)(F)F)nc3c2c1. The molecule has 2 N–H and O–H groups in total. The molecule has 1 fully saturated rings. The lowest BCUT2D eigenvalue weighted by molar-refractivity contribution is -0.140. The number of nitrogens with one attached hydrogen (secondary N) is 1. The minimum atomic E-state index is -4.65. The topological polar surface area (TPSA) is 92.0 Å². The number of aryl methyl sites for hydroxylation is 1. The highest BCUT2D eigenvalue weighted by Gasteiger charge is 2.35. The van der Waals surface area contributed by atoms with Crippen LogP contribution in [0.3, 0.4) is 0 Å². The van der Waals surface area contributed by atoms with Crippen LogP contribution in [0.25, 0.3) is 16.6 Å². The Labute approximate surface area is 208 Å². The maximum atomic E-state index is 13.9. The number of aromatic carboxylic acids is 1. The molecule has 0 spiro atoms. The number of nitrogens with zero attached hydrogens (tertiary/aromatic N) is 4. The molecule has 1 atom stereocenters. The van der Waals surface area contributed by atoms with Crippen molar-refractivity contribution < 1.29 is 32.2 Å². The predicted molar refractivity (Wildman–Crippen MR) is 129 cm³/mol. The number of halogens is 4. The summed E-state index contributed by atoms with van der Waals surface area (Å²) >= 11 is 0. The summed E-state index contributed by atoms with van der Waals surface area (Å²) in [5.41, 5.74) is 0.788. The second-order valence-corrected chi connectivity index (χ2v) is 8.94. The van der Waals surface area contributed by atoms with Crippen LogP contribution in [0.1, 0.15) is 40.1 Å². The molecule has 0 radical (unpaired) electrons. The van der Waals surface area contributed by atoms with Crippen LogP contribution in [0, 0.1) is 12.7 Å². The molecule has 0 aliphatic carbocycles. The van der Waals surface area contributed by atoms with Gasteiger partial charge in [0.15, 0.2) is 5.69 Å². The number of rotatable bonds is 5. The van der Waals surface area contributed by atoms with E-state index in [9.17, 15) is 27.5 Å². The predicted octanol–water partition coefficient (Wildman–Crippen LogP) is 5.06. The first-order chi connectivity index (χ1) is 17.5. The Morgan fingerprint density at radius 1 is 1.16 bits per heavy atom. The van der Waals surface area contributed by atoms with Crippen LogP contribution in [0.4, 0.5) is 29.2 Å². The average molecular weight is 517 g/mol. The third-order valence-electron chi connectivity index (χ3n) is 6.29. The van der Waals surface area contributed by atoms with E-state index in [1.54, 1.807) is 19.9 Å². The average Bonchev–Trinajstić information content (AvgIpc) is 3.30. The van der Waals surface area contributed by atoms with Crippen LogP contribution in [-0.2, 0) is 10.9 Å². The molecule has 12 heteroatoms. The number of hydrogen-bond donors (Lipinski definition) is 2. The standard InChI is InChI=1S/C25H23F4N5O3/c1-13-9-17(14(2)30-19-11-15(26)3-4-16(19)23(35)36)21-18(10-13)22-31-20(25(27,28)29)12-34(22)24(32-21)33-5-7-37-8-6-33/h3-4,9-12,14,30H,5-8H2,1-2H3,(H,35,36)/t14-/m1/s1. The summed E-state index contributed by atoms with van der Waals surface area (Å²) in [7, 11) is 0. The van der Waals surface area contributed by atoms with Gasteiger partial charge in [-0.25, -0.2) is 19.2 Å². The molecule has 4 aromatic rings. The summed E-state index contributed by atoms with van der Waals surface area (Å²) in [4.78, 5) is 22.2. The number of morpholine rings is 1. The van der Waals surface area contributed by atoms with E-state index in [-0.39, 0.29) is 16.9 Å². The van der Waals surface area contributed by atoms with Gasteiger partial charge in [0.25, 0.3) is 0 Å².